The Kier molecular flexibility index (Phi) is 5.70. The number of anilines is 2. The van der Waals surface area contributed by atoms with Crippen molar-refractivity contribution >= 4 is 33.0 Å². The van der Waals surface area contributed by atoms with Crippen molar-refractivity contribution in [2.24, 2.45) is 0 Å². The lowest BCUT2D eigenvalue weighted by Gasteiger charge is -2.22. The molecule has 1 unspecified atom stereocenters. The first-order chi connectivity index (χ1) is 16.4. The van der Waals surface area contributed by atoms with Crippen molar-refractivity contribution in [2.45, 2.75) is 16.6 Å². The fraction of sp³-hybridized carbons (Fsp3) is 0.200. The summed E-state index contributed by atoms with van der Waals surface area (Å²) in [5.74, 6) is 0.213. The molecule has 2 heterocycles. The van der Waals surface area contributed by atoms with E-state index in [9.17, 15) is 18.0 Å². The van der Waals surface area contributed by atoms with Crippen LogP contribution in [0.4, 0.5) is 11.4 Å². The van der Waals surface area contributed by atoms with Crippen molar-refractivity contribution in [3.8, 4) is 11.5 Å². The van der Waals surface area contributed by atoms with E-state index in [4.69, 9.17) is 9.47 Å². The lowest BCUT2D eigenvalue weighted by Crippen LogP contribution is -2.38. The maximum atomic E-state index is 13.5. The molecular weight excluding hydrogens is 456 g/mol. The quantitative estimate of drug-likeness (QED) is 0.617. The van der Waals surface area contributed by atoms with E-state index in [-0.39, 0.29) is 23.5 Å². The number of nitrogens with one attached hydrogen (secondary N) is 1. The molecule has 8 nitrogen and oxygen atoms in total. The van der Waals surface area contributed by atoms with Crippen LogP contribution in [0.1, 0.15) is 17.2 Å². The van der Waals surface area contributed by atoms with Gasteiger partial charge in [0.25, 0.3) is 0 Å². The summed E-state index contributed by atoms with van der Waals surface area (Å²) in [5, 5.41) is 1.72. The molecule has 1 N–H and O–H groups in total. The summed E-state index contributed by atoms with van der Waals surface area (Å²) in [5.41, 5.74) is 1.22. The standard InChI is InChI=1S/C25H22N2O6S/c28-24(26-18-10-11-20-21(14-18)33-13-12-32-20)16-27-19-8-4-5-9-22(19)34(30,31)23(15-25(27)29)17-6-2-1-3-7-17/h1-11,14,23H,12-13,15-16H2,(H,26,28). The molecule has 2 amide bonds. The van der Waals surface area contributed by atoms with E-state index >= 15 is 0 Å². The third-order valence-corrected chi connectivity index (χ3v) is 7.94. The molecule has 0 saturated heterocycles. The number of benzene rings is 3. The zero-order valence-electron chi connectivity index (χ0n) is 18.1. The first-order valence-corrected chi connectivity index (χ1v) is 12.4. The predicted molar refractivity (Wildman–Crippen MR) is 126 cm³/mol. The number of carbonyl (C=O) groups excluding carboxylic acids is 2. The van der Waals surface area contributed by atoms with Crippen molar-refractivity contribution in [3.05, 3.63) is 78.4 Å². The molecule has 2 aliphatic heterocycles. The van der Waals surface area contributed by atoms with Gasteiger partial charge in [0.1, 0.15) is 19.8 Å². The summed E-state index contributed by atoms with van der Waals surface area (Å²) in [6.45, 7) is 0.546. The van der Waals surface area contributed by atoms with Crippen molar-refractivity contribution in [2.75, 3.05) is 30.0 Å². The lowest BCUT2D eigenvalue weighted by molar-refractivity contribution is -0.121. The molecule has 174 valence electrons. The molecule has 34 heavy (non-hydrogen) atoms. The number of nitrogens with zero attached hydrogens (tertiary/aromatic N) is 1. The van der Waals surface area contributed by atoms with Gasteiger partial charge in [0, 0.05) is 18.2 Å². The Balaban J connectivity index is 1.44. The molecule has 0 bridgehead atoms. The summed E-state index contributed by atoms with van der Waals surface area (Å²) >= 11 is 0. The number of hydrogen-bond donors (Lipinski definition) is 1. The van der Waals surface area contributed by atoms with Crippen molar-refractivity contribution in [1.29, 1.82) is 0 Å². The molecule has 1 atom stereocenters. The summed E-state index contributed by atoms with van der Waals surface area (Å²) in [4.78, 5) is 27.4. The lowest BCUT2D eigenvalue weighted by atomic mass is 10.1. The summed E-state index contributed by atoms with van der Waals surface area (Å²) in [6.07, 6.45) is -0.266. The number of amides is 2. The zero-order chi connectivity index (χ0) is 23.7. The van der Waals surface area contributed by atoms with E-state index in [0.29, 0.717) is 36.0 Å². The van der Waals surface area contributed by atoms with Crippen LogP contribution in [-0.2, 0) is 19.4 Å². The van der Waals surface area contributed by atoms with Crippen LogP contribution in [0.25, 0.3) is 0 Å². The second kappa shape index (κ2) is 8.83. The van der Waals surface area contributed by atoms with Gasteiger partial charge in [-0.25, -0.2) is 8.42 Å². The van der Waals surface area contributed by atoms with Gasteiger partial charge in [-0.15, -0.1) is 0 Å². The molecule has 5 rings (SSSR count). The Bertz CT molecular complexity index is 1360. The van der Waals surface area contributed by atoms with Crippen LogP contribution >= 0.6 is 0 Å². The van der Waals surface area contributed by atoms with Crippen LogP contribution in [0.3, 0.4) is 0 Å². The molecule has 0 radical (unpaired) electrons. The highest BCUT2D eigenvalue weighted by molar-refractivity contribution is 7.92. The smallest absolute Gasteiger partial charge is 0.244 e. The first-order valence-electron chi connectivity index (χ1n) is 10.8. The molecule has 0 saturated carbocycles. The van der Waals surface area contributed by atoms with Crippen LogP contribution in [0.15, 0.2) is 77.7 Å². The van der Waals surface area contributed by atoms with E-state index in [1.807, 2.05) is 0 Å². The topological polar surface area (TPSA) is 102 Å². The predicted octanol–water partition coefficient (Wildman–Crippen LogP) is 3.35. The average molecular weight is 479 g/mol. The number of para-hydroxylation sites is 1. The van der Waals surface area contributed by atoms with Crippen molar-refractivity contribution in [3.63, 3.8) is 0 Å². The molecule has 3 aromatic carbocycles. The maximum absolute atomic E-state index is 13.5. The summed E-state index contributed by atoms with van der Waals surface area (Å²) in [7, 11) is -3.87. The van der Waals surface area contributed by atoms with Gasteiger partial charge >= 0.3 is 0 Å². The van der Waals surface area contributed by atoms with Gasteiger partial charge in [-0.05, 0) is 29.8 Å². The van der Waals surface area contributed by atoms with Gasteiger partial charge in [0.2, 0.25) is 11.8 Å². The van der Waals surface area contributed by atoms with E-state index in [1.165, 1.54) is 11.0 Å². The van der Waals surface area contributed by atoms with Gasteiger partial charge < -0.3 is 19.7 Å². The van der Waals surface area contributed by atoms with Gasteiger partial charge in [-0.1, -0.05) is 42.5 Å². The van der Waals surface area contributed by atoms with E-state index in [2.05, 4.69) is 5.32 Å². The van der Waals surface area contributed by atoms with Gasteiger partial charge in [0.15, 0.2) is 21.3 Å². The molecule has 0 aliphatic carbocycles. The minimum Gasteiger partial charge on any atom is -0.486 e. The Labute approximate surface area is 197 Å². The minimum absolute atomic E-state index is 0.0295. The number of carbonyl (C=O) groups is 2. The van der Waals surface area contributed by atoms with E-state index in [1.54, 1.807) is 66.7 Å². The minimum atomic E-state index is -3.87. The third kappa shape index (κ3) is 4.10. The molecule has 0 fully saturated rings. The van der Waals surface area contributed by atoms with Gasteiger partial charge in [0.05, 0.1) is 15.8 Å². The second-order valence-electron chi connectivity index (χ2n) is 8.00. The van der Waals surface area contributed by atoms with Crippen LogP contribution in [0.2, 0.25) is 0 Å². The molecule has 9 heteroatoms. The van der Waals surface area contributed by atoms with Crippen LogP contribution in [-0.4, -0.2) is 40.0 Å². The second-order valence-corrected chi connectivity index (χ2v) is 10.1. The van der Waals surface area contributed by atoms with E-state index < -0.39 is 26.9 Å². The highest BCUT2D eigenvalue weighted by Crippen LogP contribution is 2.40. The molecule has 0 aromatic heterocycles. The monoisotopic (exact) mass is 478 g/mol. The molecule has 2 aliphatic rings. The fourth-order valence-electron chi connectivity index (χ4n) is 4.19. The van der Waals surface area contributed by atoms with Gasteiger partial charge in [-0.3, -0.25) is 9.59 Å². The normalized spacial score (nSPS) is 18.5. The first kappa shape index (κ1) is 22.0. The molecular formula is C25H22N2O6S. The number of hydrogen-bond acceptors (Lipinski definition) is 6. The van der Waals surface area contributed by atoms with Crippen LogP contribution in [0, 0.1) is 0 Å². The van der Waals surface area contributed by atoms with Crippen molar-refractivity contribution in [1.82, 2.24) is 0 Å². The largest absolute Gasteiger partial charge is 0.486 e. The van der Waals surface area contributed by atoms with Crippen LogP contribution in [0.5, 0.6) is 11.5 Å². The number of sulfone groups is 1. The maximum Gasteiger partial charge on any atom is 0.244 e. The van der Waals surface area contributed by atoms with Crippen molar-refractivity contribution < 1.29 is 27.5 Å². The highest BCUT2D eigenvalue weighted by atomic mass is 32.2. The average Bonchev–Trinajstić information content (AvgIpc) is 2.93. The number of rotatable bonds is 4. The Morgan fingerprint density at radius 3 is 2.44 bits per heavy atom. The van der Waals surface area contributed by atoms with E-state index in [0.717, 1.165) is 0 Å². The number of fused-ring (bicyclic) bond motifs is 2. The summed E-state index contributed by atoms with van der Waals surface area (Å²) in [6, 6.07) is 20.0. The zero-order valence-corrected chi connectivity index (χ0v) is 19.0. The Hall–Kier alpha value is -3.85. The van der Waals surface area contributed by atoms with Gasteiger partial charge in [-0.2, -0.15) is 0 Å². The third-order valence-electron chi connectivity index (χ3n) is 5.80. The molecule has 0 spiro atoms. The fourth-order valence-corrected chi connectivity index (χ4v) is 6.11. The number of ether oxygens (including phenoxy) is 2. The Morgan fingerprint density at radius 1 is 0.941 bits per heavy atom. The molecule has 3 aromatic rings. The highest BCUT2D eigenvalue weighted by Gasteiger charge is 2.39. The Morgan fingerprint density at radius 2 is 1.65 bits per heavy atom. The summed E-state index contributed by atoms with van der Waals surface area (Å²) < 4.78 is 38.1. The van der Waals surface area contributed by atoms with Crippen LogP contribution < -0.4 is 19.7 Å². The SMILES string of the molecule is O=C(CN1C(=O)CC(c2ccccc2)S(=O)(=O)c2ccccc21)Nc1ccc2c(c1)OCCO2.